The van der Waals surface area contributed by atoms with E-state index < -0.39 is 0 Å². The van der Waals surface area contributed by atoms with E-state index in [0.717, 1.165) is 27.0 Å². The average molecular weight is 317 g/mol. The molecular formula is C11H13BrN2O2S. The molecule has 0 bridgehead atoms. The van der Waals surface area contributed by atoms with Crippen LogP contribution in [0.5, 0.6) is 0 Å². The average Bonchev–Trinajstić information content (AvgIpc) is 2.55. The molecule has 2 heterocycles. The number of H-pyrrole nitrogens is 1. The quantitative estimate of drug-likeness (QED) is 0.946. The van der Waals surface area contributed by atoms with Gasteiger partial charge in [0.15, 0.2) is 0 Å². The lowest BCUT2D eigenvalue weighted by Gasteiger charge is -2.05. The summed E-state index contributed by atoms with van der Waals surface area (Å²) in [5, 5.41) is 0.623. The zero-order valence-corrected chi connectivity index (χ0v) is 12.1. The summed E-state index contributed by atoms with van der Waals surface area (Å²) in [6, 6.07) is 0. The van der Waals surface area contributed by atoms with Gasteiger partial charge in [-0.25, -0.2) is 4.79 Å². The van der Waals surface area contributed by atoms with Crippen LogP contribution in [0.1, 0.15) is 25.3 Å². The SMILES string of the molecule is CCCCn1c(=O)[nH]c(=O)c2c(C)c(Br)sc21. The highest BCUT2D eigenvalue weighted by Crippen LogP contribution is 2.31. The van der Waals surface area contributed by atoms with E-state index in [2.05, 4.69) is 27.8 Å². The molecule has 17 heavy (non-hydrogen) atoms. The maximum Gasteiger partial charge on any atom is 0.329 e. The molecule has 2 rings (SSSR count). The standard InChI is InChI=1S/C11H13BrN2O2S/c1-3-4-5-14-10-7(6(2)8(12)17-10)9(15)13-11(14)16/h3-5H2,1-2H3,(H,13,15,16). The second kappa shape index (κ2) is 4.78. The Morgan fingerprint density at radius 1 is 1.41 bits per heavy atom. The number of hydrogen-bond acceptors (Lipinski definition) is 3. The van der Waals surface area contributed by atoms with Gasteiger partial charge >= 0.3 is 5.69 Å². The summed E-state index contributed by atoms with van der Waals surface area (Å²) in [5.74, 6) is 0. The molecule has 0 amide bonds. The van der Waals surface area contributed by atoms with E-state index in [1.54, 1.807) is 4.57 Å². The van der Waals surface area contributed by atoms with Crippen molar-refractivity contribution in [3.63, 3.8) is 0 Å². The van der Waals surface area contributed by atoms with Crippen LogP contribution in [0.4, 0.5) is 0 Å². The van der Waals surface area contributed by atoms with Crippen LogP contribution in [0.2, 0.25) is 0 Å². The molecular weight excluding hydrogens is 304 g/mol. The lowest BCUT2D eigenvalue weighted by molar-refractivity contribution is 0.620. The van der Waals surface area contributed by atoms with Crippen LogP contribution in [0.3, 0.4) is 0 Å². The minimum Gasteiger partial charge on any atom is -0.284 e. The number of hydrogen-bond donors (Lipinski definition) is 1. The third-order valence-corrected chi connectivity index (χ3v) is 4.93. The molecule has 0 unspecified atom stereocenters. The summed E-state index contributed by atoms with van der Waals surface area (Å²) < 4.78 is 2.57. The Morgan fingerprint density at radius 3 is 2.76 bits per heavy atom. The Labute approximate surface area is 110 Å². The molecule has 0 aliphatic rings. The number of aromatic nitrogens is 2. The second-order valence-electron chi connectivity index (χ2n) is 3.95. The molecule has 2 aromatic heterocycles. The lowest BCUT2D eigenvalue weighted by Crippen LogP contribution is -2.29. The van der Waals surface area contributed by atoms with E-state index in [1.807, 2.05) is 6.92 Å². The molecule has 0 spiro atoms. The first-order chi connectivity index (χ1) is 8.06. The molecule has 1 N–H and O–H groups in total. The van der Waals surface area contributed by atoms with Gasteiger partial charge in [-0.2, -0.15) is 0 Å². The number of nitrogens with one attached hydrogen (secondary N) is 1. The molecule has 0 aliphatic carbocycles. The van der Waals surface area contributed by atoms with Gasteiger partial charge < -0.3 is 0 Å². The van der Waals surface area contributed by atoms with Gasteiger partial charge in [-0.05, 0) is 34.8 Å². The van der Waals surface area contributed by atoms with E-state index >= 15 is 0 Å². The third kappa shape index (κ3) is 2.11. The number of thiophene rings is 1. The first kappa shape index (κ1) is 12.6. The zero-order valence-electron chi connectivity index (χ0n) is 9.67. The van der Waals surface area contributed by atoms with Crippen molar-refractivity contribution in [2.45, 2.75) is 33.2 Å². The number of aryl methyl sites for hydroxylation is 2. The number of halogens is 1. The van der Waals surface area contributed by atoms with Crippen molar-refractivity contribution in [1.82, 2.24) is 9.55 Å². The lowest BCUT2D eigenvalue weighted by atomic mass is 10.2. The normalized spacial score (nSPS) is 11.2. The fourth-order valence-electron chi connectivity index (χ4n) is 1.77. The molecule has 92 valence electrons. The van der Waals surface area contributed by atoms with Crippen molar-refractivity contribution in [1.29, 1.82) is 0 Å². The summed E-state index contributed by atoms with van der Waals surface area (Å²) in [4.78, 5) is 26.7. The third-order valence-electron chi connectivity index (χ3n) is 2.74. The monoisotopic (exact) mass is 316 g/mol. The summed E-state index contributed by atoms with van der Waals surface area (Å²) in [6.07, 6.45) is 1.94. The number of fused-ring (bicyclic) bond motifs is 1. The van der Waals surface area contributed by atoms with E-state index in [9.17, 15) is 9.59 Å². The van der Waals surface area contributed by atoms with E-state index in [4.69, 9.17) is 0 Å². The molecule has 0 saturated carbocycles. The Morgan fingerprint density at radius 2 is 2.12 bits per heavy atom. The summed E-state index contributed by atoms with van der Waals surface area (Å²) in [7, 11) is 0. The molecule has 6 heteroatoms. The van der Waals surface area contributed by atoms with Crippen molar-refractivity contribution in [2.24, 2.45) is 0 Å². The van der Waals surface area contributed by atoms with Gasteiger partial charge in [0.25, 0.3) is 5.56 Å². The van der Waals surface area contributed by atoms with Gasteiger partial charge in [0.05, 0.1) is 9.17 Å². The smallest absolute Gasteiger partial charge is 0.284 e. The van der Waals surface area contributed by atoms with Gasteiger partial charge in [-0.15, -0.1) is 11.3 Å². The van der Waals surface area contributed by atoms with Crippen molar-refractivity contribution >= 4 is 37.5 Å². The topological polar surface area (TPSA) is 54.9 Å². The minimum atomic E-state index is -0.315. The molecule has 4 nitrogen and oxygen atoms in total. The Bertz CT molecular complexity index is 668. The number of nitrogens with zero attached hydrogens (tertiary/aromatic N) is 1. The van der Waals surface area contributed by atoms with Gasteiger partial charge in [0, 0.05) is 6.54 Å². The molecule has 2 aromatic rings. The van der Waals surface area contributed by atoms with E-state index in [1.165, 1.54) is 11.3 Å². The maximum absolute atomic E-state index is 11.8. The predicted octanol–water partition coefficient (Wildman–Crippen LogP) is 2.62. The largest absolute Gasteiger partial charge is 0.329 e. The molecule has 0 aromatic carbocycles. The van der Waals surface area contributed by atoms with Gasteiger partial charge in [-0.1, -0.05) is 13.3 Å². The predicted molar refractivity (Wildman–Crippen MR) is 74.1 cm³/mol. The summed E-state index contributed by atoms with van der Waals surface area (Å²) in [6.45, 7) is 4.60. The molecule has 0 radical (unpaired) electrons. The summed E-state index contributed by atoms with van der Waals surface area (Å²) >= 11 is 4.86. The number of unbranched alkanes of at least 4 members (excludes halogenated alkanes) is 1. The van der Waals surface area contributed by atoms with Gasteiger partial charge in [0.1, 0.15) is 4.83 Å². The number of aromatic amines is 1. The minimum absolute atomic E-state index is 0.294. The fraction of sp³-hybridized carbons (Fsp3) is 0.455. The first-order valence-corrected chi connectivity index (χ1v) is 7.09. The Balaban J connectivity index is 2.79. The zero-order chi connectivity index (χ0) is 12.6. The van der Waals surface area contributed by atoms with E-state index in [0.29, 0.717) is 11.9 Å². The number of rotatable bonds is 3. The van der Waals surface area contributed by atoms with Crippen molar-refractivity contribution in [3.8, 4) is 0 Å². The van der Waals surface area contributed by atoms with Crippen molar-refractivity contribution < 1.29 is 0 Å². The summed E-state index contributed by atoms with van der Waals surface area (Å²) in [5.41, 5.74) is 0.290. The van der Waals surface area contributed by atoms with Crippen LogP contribution in [0.25, 0.3) is 10.2 Å². The van der Waals surface area contributed by atoms with Crippen LogP contribution in [0.15, 0.2) is 13.4 Å². The Hall–Kier alpha value is -0.880. The first-order valence-electron chi connectivity index (χ1n) is 5.48. The van der Waals surface area contributed by atoms with Crippen molar-refractivity contribution in [3.05, 3.63) is 30.2 Å². The maximum atomic E-state index is 11.8. The molecule has 0 atom stereocenters. The van der Waals surface area contributed by atoms with Gasteiger partial charge in [-0.3, -0.25) is 14.3 Å². The van der Waals surface area contributed by atoms with Crippen molar-refractivity contribution in [2.75, 3.05) is 0 Å². The highest BCUT2D eigenvalue weighted by Gasteiger charge is 2.14. The molecule has 0 saturated heterocycles. The van der Waals surface area contributed by atoms with Crippen LogP contribution in [0, 0.1) is 6.92 Å². The fourth-order valence-corrected chi connectivity index (χ4v) is 3.48. The highest BCUT2D eigenvalue weighted by atomic mass is 79.9. The molecule has 0 aliphatic heterocycles. The van der Waals surface area contributed by atoms with Crippen LogP contribution >= 0.6 is 27.3 Å². The highest BCUT2D eigenvalue weighted by molar-refractivity contribution is 9.11. The Kier molecular flexibility index (Phi) is 3.53. The molecule has 0 fully saturated rings. The van der Waals surface area contributed by atoms with Crippen LogP contribution < -0.4 is 11.2 Å². The van der Waals surface area contributed by atoms with E-state index in [-0.39, 0.29) is 11.2 Å². The van der Waals surface area contributed by atoms with Crippen LogP contribution in [-0.2, 0) is 6.54 Å². The van der Waals surface area contributed by atoms with Gasteiger partial charge in [0.2, 0.25) is 0 Å². The van der Waals surface area contributed by atoms with Crippen LogP contribution in [-0.4, -0.2) is 9.55 Å². The second-order valence-corrected chi connectivity index (χ2v) is 6.26.